The number of fused-ring (bicyclic) bond motifs is 4. The highest BCUT2D eigenvalue weighted by atomic mass is 35.5. The Morgan fingerprint density at radius 1 is 1.14 bits per heavy atom. The van der Waals surface area contributed by atoms with Gasteiger partial charge in [0.05, 0.1) is 52.5 Å². The Labute approximate surface area is 307 Å². The van der Waals surface area contributed by atoms with Gasteiger partial charge in [0.1, 0.15) is 5.52 Å². The van der Waals surface area contributed by atoms with Gasteiger partial charge in [0.2, 0.25) is 5.91 Å². The number of aromatic nitrogens is 2. The van der Waals surface area contributed by atoms with Crippen molar-refractivity contribution in [2.24, 2.45) is 17.8 Å². The smallest absolute Gasteiger partial charge is 0.226 e. The lowest BCUT2D eigenvalue weighted by Crippen LogP contribution is -2.41. The van der Waals surface area contributed by atoms with Gasteiger partial charge < -0.3 is 24.3 Å². The maximum Gasteiger partial charge on any atom is 0.226 e. The lowest BCUT2D eigenvalue weighted by molar-refractivity contribution is -0.134. The van der Waals surface area contributed by atoms with Crippen LogP contribution in [-0.4, -0.2) is 65.4 Å². The number of hydrogen-bond acceptors (Lipinski definition) is 6. The van der Waals surface area contributed by atoms with Crippen LogP contribution < -0.4 is 5.32 Å². The van der Waals surface area contributed by atoms with Gasteiger partial charge in [0.25, 0.3) is 0 Å². The zero-order valence-electron chi connectivity index (χ0n) is 28.9. The SMILES string of the molecule is COC1CC(COC2CC(c3cc4c(C)nc5c(F)c(-c6cccc(Cl)c6Cl)c(CCC#N)cc5c4n3C3C4CNC3C4)N(C(=O)C3CC3)C2)C1. The summed E-state index contributed by atoms with van der Waals surface area (Å²) in [6.07, 6.45) is 6.54. The monoisotopic (exact) mass is 729 g/mol. The second-order valence-corrected chi connectivity index (χ2v) is 16.2. The molecular formula is C40H42Cl2FN5O3. The fourth-order valence-electron chi connectivity index (χ4n) is 9.38. The molecule has 11 heteroatoms. The third-order valence-corrected chi connectivity index (χ3v) is 13.2. The fourth-order valence-corrected chi connectivity index (χ4v) is 9.78. The summed E-state index contributed by atoms with van der Waals surface area (Å²) in [6.45, 7) is 4.13. The third-order valence-electron chi connectivity index (χ3n) is 12.3. The maximum absolute atomic E-state index is 17.2. The fraction of sp³-hybridized carbons (Fsp3) is 0.525. The number of hydrogen-bond donors (Lipinski definition) is 1. The molecule has 5 atom stereocenters. The van der Waals surface area contributed by atoms with E-state index in [1.165, 1.54) is 0 Å². The van der Waals surface area contributed by atoms with E-state index in [4.69, 9.17) is 37.7 Å². The van der Waals surface area contributed by atoms with Gasteiger partial charge in [-0.25, -0.2) is 9.37 Å². The van der Waals surface area contributed by atoms with Gasteiger partial charge in [-0.15, -0.1) is 0 Å². The first kappa shape index (κ1) is 33.6. The number of pyridine rings is 1. The van der Waals surface area contributed by atoms with Crippen molar-refractivity contribution >= 4 is 50.9 Å². The van der Waals surface area contributed by atoms with Gasteiger partial charge in [0, 0.05) is 78.3 Å². The molecule has 2 aromatic heterocycles. The molecule has 0 spiro atoms. The minimum Gasteiger partial charge on any atom is -0.381 e. The number of nitriles is 1. The molecule has 3 aliphatic carbocycles. The molecule has 5 heterocycles. The Morgan fingerprint density at radius 3 is 2.67 bits per heavy atom. The average Bonchev–Trinajstić information content (AvgIpc) is 3.40. The summed E-state index contributed by atoms with van der Waals surface area (Å²) in [4.78, 5) is 21.0. The predicted octanol–water partition coefficient (Wildman–Crippen LogP) is 8.09. The lowest BCUT2D eigenvalue weighted by Gasteiger charge is -2.39. The van der Waals surface area contributed by atoms with Crippen molar-refractivity contribution < 1.29 is 18.7 Å². The second-order valence-electron chi connectivity index (χ2n) is 15.4. The molecule has 1 N–H and O–H groups in total. The lowest BCUT2D eigenvalue weighted by atomic mass is 9.79. The number of carbonyl (C=O) groups excluding carboxylic acids is 1. The predicted molar refractivity (Wildman–Crippen MR) is 195 cm³/mol. The molecule has 8 nitrogen and oxygen atoms in total. The second kappa shape index (κ2) is 13.0. The van der Waals surface area contributed by atoms with Crippen LogP contribution in [0.15, 0.2) is 30.3 Å². The summed E-state index contributed by atoms with van der Waals surface area (Å²) in [5.41, 5.74) is 4.53. The number of benzene rings is 2. The van der Waals surface area contributed by atoms with Gasteiger partial charge in [-0.2, -0.15) is 5.26 Å². The molecule has 3 aliphatic heterocycles. The third kappa shape index (κ3) is 5.56. The van der Waals surface area contributed by atoms with Crippen LogP contribution in [0.5, 0.6) is 0 Å². The number of likely N-dealkylation sites (tertiary alicyclic amines) is 1. The first-order valence-corrected chi connectivity index (χ1v) is 19.2. The zero-order chi connectivity index (χ0) is 35.1. The molecule has 6 aliphatic rings. The van der Waals surface area contributed by atoms with E-state index in [0.717, 1.165) is 60.9 Å². The topological polar surface area (TPSA) is 92.4 Å². The quantitative estimate of drug-likeness (QED) is 0.177. The van der Waals surface area contributed by atoms with Crippen molar-refractivity contribution in [3.63, 3.8) is 0 Å². The van der Waals surface area contributed by atoms with Crippen molar-refractivity contribution in [3.8, 4) is 17.2 Å². The van der Waals surface area contributed by atoms with Crippen LogP contribution in [-0.2, 0) is 20.7 Å². The van der Waals surface area contributed by atoms with E-state index in [9.17, 15) is 10.1 Å². The van der Waals surface area contributed by atoms with E-state index < -0.39 is 5.82 Å². The Bertz CT molecular complexity index is 2090. The van der Waals surface area contributed by atoms with Crippen LogP contribution in [0.2, 0.25) is 10.0 Å². The summed E-state index contributed by atoms with van der Waals surface area (Å²) >= 11 is 13.1. The molecule has 2 aromatic carbocycles. The number of nitrogens with one attached hydrogen (secondary N) is 1. The van der Waals surface area contributed by atoms with E-state index in [1.54, 1.807) is 25.3 Å². The molecule has 0 radical (unpaired) electrons. The molecule has 2 bridgehead atoms. The van der Waals surface area contributed by atoms with Crippen molar-refractivity contribution in [2.75, 3.05) is 26.8 Å². The van der Waals surface area contributed by atoms with Crippen LogP contribution in [0.3, 0.4) is 0 Å². The standard InChI is InChI=1S/C40H42Cl2FN5O3/c1-20-28-16-33(32-15-26(18-47(32)40(49)22-8-9-22)51-19-21-11-25(12-21)50-2)48(38-24-14-31(38)45-17-24)39(28)29-13-23(5-4-10-44)34(36(43)37(29)46-20)27-6-3-7-30(41)35(27)42/h3,6-7,13,16,21-22,24-26,31-32,38,45H,4-5,8-9,11-12,14-15,17-19H2,1-2H3. The highest BCUT2D eigenvalue weighted by Gasteiger charge is 2.51. The summed E-state index contributed by atoms with van der Waals surface area (Å²) < 4.78 is 31.7. The first-order valence-electron chi connectivity index (χ1n) is 18.4. The van der Waals surface area contributed by atoms with Crippen LogP contribution in [0.4, 0.5) is 4.39 Å². The molecule has 1 amide bonds. The van der Waals surface area contributed by atoms with Crippen molar-refractivity contribution in [1.82, 2.24) is 19.8 Å². The van der Waals surface area contributed by atoms with Gasteiger partial charge in [0.15, 0.2) is 5.82 Å². The molecule has 3 saturated heterocycles. The highest BCUT2D eigenvalue weighted by molar-refractivity contribution is 6.43. The highest BCUT2D eigenvalue weighted by Crippen LogP contribution is 2.51. The minimum atomic E-state index is -0.467. The van der Waals surface area contributed by atoms with E-state index >= 15 is 4.39 Å². The minimum absolute atomic E-state index is 0.0574. The molecular weight excluding hydrogens is 688 g/mol. The molecule has 5 unspecified atom stereocenters. The average molecular weight is 731 g/mol. The zero-order valence-corrected chi connectivity index (χ0v) is 30.4. The van der Waals surface area contributed by atoms with Crippen molar-refractivity contribution in [1.29, 1.82) is 5.26 Å². The summed E-state index contributed by atoms with van der Waals surface area (Å²) in [7, 11) is 1.77. The molecule has 10 rings (SSSR count). The van der Waals surface area contributed by atoms with E-state index in [-0.39, 0.29) is 47.0 Å². The van der Waals surface area contributed by atoms with Crippen LogP contribution in [0.25, 0.3) is 32.9 Å². The van der Waals surface area contributed by atoms with Crippen molar-refractivity contribution in [3.05, 3.63) is 63.1 Å². The Hall–Kier alpha value is -3.26. The summed E-state index contributed by atoms with van der Waals surface area (Å²) in [6, 6.07) is 12.0. The number of carbonyl (C=O) groups is 1. The molecule has 266 valence electrons. The molecule has 4 aromatic rings. The summed E-state index contributed by atoms with van der Waals surface area (Å²) in [5.74, 6) is 0.756. The number of rotatable bonds is 10. The van der Waals surface area contributed by atoms with E-state index in [1.807, 2.05) is 13.0 Å². The van der Waals surface area contributed by atoms with Gasteiger partial charge in [-0.05, 0) is 81.0 Å². The van der Waals surface area contributed by atoms with E-state index in [2.05, 4.69) is 26.9 Å². The largest absolute Gasteiger partial charge is 0.381 e. The molecule has 51 heavy (non-hydrogen) atoms. The number of methoxy groups -OCH3 is 1. The van der Waals surface area contributed by atoms with Gasteiger partial charge in [-0.3, -0.25) is 4.79 Å². The number of amides is 1. The van der Waals surface area contributed by atoms with Crippen LogP contribution in [0.1, 0.15) is 74.0 Å². The number of nitrogens with zero attached hydrogens (tertiary/aromatic N) is 4. The molecule has 6 fully saturated rings. The van der Waals surface area contributed by atoms with E-state index in [0.29, 0.717) is 77.1 Å². The Balaban J connectivity index is 1.21. The number of ether oxygens (including phenoxy) is 2. The first-order chi connectivity index (χ1) is 24.7. The Kier molecular flexibility index (Phi) is 8.55. The van der Waals surface area contributed by atoms with Crippen LogP contribution in [0, 0.1) is 41.8 Å². The number of aryl methyl sites for hydroxylation is 2. The van der Waals surface area contributed by atoms with Gasteiger partial charge in [-0.1, -0.05) is 35.3 Å². The van der Waals surface area contributed by atoms with Crippen molar-refractivity contribution in [2.45, 2.75) is 88.6 Å². The normalized spacial score (nSPS) is 28.3. The Morgan fingerprint density at radius 2 is 1.96 bits per heavy atom. The number of halogens is 3. The maximum atomic E-state index is 17.2. The van der Waals surface area contributed by atoms with Gasteiger partial charge >= 0.3 is 0 Å². The molecule has 3 saturated carbocycles. The van der Waals surface area contributed by atoms with Crippen LogP contribution >= 0.6 is 23.2 Å². The summed E-state index contributed by atoms with van der Waals surface area (Å²) in [5, 5.41) is 15.6.